The molecule has 1 amide bonds. The molecule has 2 aromatic rings. The van der Waals surface area contributed by atoms with Gasteiger partial charge in [-0.15, -0.1) is 0 Å². The summed E-state index contributed by atoms with van der Waals surface area (Å²) in [5, 5.41) is 12.4. The van der Waals surface area contributed by atoms with Crippen molar-refractivity contribution in [1.29, 1.82) is 0 Å². The summed E-state index contributed by atoms with van der Waals surface area (Å²) in [6.07, 6.45) is 7.75. The van der Waals surface area contributed by atoms with E-state index >= 15 is 0 Å². The molecule has 1 unspecified atom stereocenters. The van der Waals surface area contributed by atoms with E-state index in [0.29, 0.717) is 18.0 Å². The Morgan fingerprint density at radius 2 is 2.22 bits per heavy atom. The summed E-state index contributed by atoms with van der Waals surface area (Å²) in [6, 6.07) is 2.09. The number of likely N-dealkylation sites (tertiary alicyclic amines) is 1. The average molecular weight is 374 g/mol. The molecule has 3 rings (SSSR count). The van der Waals surface area contributed by atoms with Crippen molar-refractivity contribution in [3.8, 4) is 0 Å². The number of nitrogens with one attached hydrogen (secondary N) is 1. The fraction of sp³-hybridized carbons (Fsp3) is 0.650. The van der Waals surface area contributed by atoms with Crippen molar-refractivity contribution in [1.82, 2.24) is 24.8 Å². The molecule has 1 aliphatic heterocycles. The van der Waals surface area contributed by atoms with Crippen LogP contribution in [0.2, 0.25) is 0 Å². The zero-order valence-corrected chi connectivity index (χ0v) is 16.4. The smallest absolute Gasteiger partial charge is 0.252 e. The lowest BCUT2D eigenvalue weighted by Crippen LogP contribution is -2.43. The van der Waals surface area contributed by atoms with Crippen molar-refractivity contribution >= 4 is 17.1 Å². The maximum absolute atomic E-state index is 12.4. The molecule has 3 heterocycles. The van der Waals surface area contributed by atoms with Crippen LogP contribution in [0.3, 0.4) is 0 Å². The van der Waals surface area contributed by atoms with Crippen LogP contribution in [0.1, 0.15) is 49.9 Å². The molecule has 27 heavy (non-hydrogen) atoms. The molecule has 0 bridgehead atoms. The van der Waals surface area contributed by atoms with Crippen molar-refractivity contribution in [3.63, 3.8) is 0 Å². The summed E-state index contributed by atoms with van der Waals surface area (Å²) < 4.78 is 2.03. The van der Waals surface area contributed by atoms with Gasteiger partial charge in [0.25, 0.3) is 5.91 Å². The number of rotatable bonds is 8. The molecule has 0 spiro atoms. The number of amides is 1. The lowest BCUT2D eigenvalue weighted by atomic mass is 10.0. The standard InChI is InChI=1S/C20H31N5O2/c1-15(2)12-25-14-23-18-10-16(11-22-19(18)25)20(27)21-7-5-9-24-8-4-3-6-17(24)13-26/h10-11,14-15,17,26H,3-9,12-13H2,1-2H3,(H,21,27). The lowest BCUT2D eigenvalue weighted by molar-refractivity contribution is 0.0868. The molecule has 2 N–H and O–H groups in total. The minimum absolute atomic E-state index is 0.111. The number of carbonyl (C=O) groups is 1. The van der Waals surface area contributed by atoms with Crippen molar-refractivity contribution in [3.05, 3.63) is 24.2 Å². The van der Waals surface area contributed by atoms with Gasteiger partial charge in [0, 0.05) is 31.9 Å². The quantitative estimate of drug-likeness (QED) is 0.692. The Morgan fingerprint density at radius 3 is 3.00 bits per heavy atom. The van der Waals surface area contributed by atoms with Crippen LogP contribution in [0.5, 0.6) is 0 Å². The molecule has 7 heteroatoms. The monoisotopic (exact) mass is 373 g/mol. The van der Waals surface area contributed by atoms with Crippen molar-refractivity contribution in [2.75, 3.05) is 26.2 Å². The van der Waals surface area contributed by atoms with Gasteiger partial charge in [-0.05, 0) is 37.8 Å². The van der Waals surface area contributed by atoms with Gasteiger partial charge in [-0.1, -0.05) is 20.3 Å². The zero-order valence-electron chi connectivity index (χ0n) is 16.4. The molecule has 7 nitrogen and oxygen atoms in total. The van der Waals surface area contributed by atoms with Crippen molar-refractivity contribution in [2.24, 2.45) is 5.92 Å². The van der Waals surface area contributed by atoms with Crippen molar-refractivity contribution < 1.29 is 9.90 Å². The maximum atomic E-state index is 12.4. The highest BCUT2D eigenvalue weighted by molar-refractivity contribution is 5.96. The number of hydrogen-bond acceptors (Lipinski definition) is 5. The number of nitrogens with zero attached hydrogens (tertiary/aromatic N) is 4. The number of pyridine rings is 1. The van der Waals surface area contributed by atoms with E-state index < -0.39 is 0 Å². The summed E-state index contributed by atoms with van der Waals surface area (Å²) in [4.78, 5) is 23.6. The molecule has 1 aliphatic rings. The summed E-state index contributed by atoms with van der Waals surface area (Å²) in [7, 11) is 0. The third-order valence-corrected chi connectivity index (χ3v) is 5.15. The number of piperidine rings is 1. The zero-order chi connectivity index (χ0) is 19.2. The molecule has 1 fully saturated rings. The SMILES string of the molecule is CC(C)Cn1cnc2cc(C(=O)NCCCN3CCCCC3CO)cnc21. The Morgan fingerprint density at radius 1 is 1.37 bits per heavy atom. The van der Waals surface area contributed by atoms with Crippen LogP contribution < -0.4 is 5.32 Å². The van der Waals surface area contributed by atoms with Gasteiger partial charge in [0.15, 0.2) is 5.65 Å². The first-order chi connectivity index (χ1) is 13.1. The number of aromatic nitrogens is 3. The third kappa shape index (κ3) is 5.05. The summed E-state index contributed by atoms with van der Waals surface area (Å²) in [5.74, 6) is 0.401. The van der Waals surface area contributed by atoms with Crippen LogP contribution >= 0.6 is 0 Å². The van der Waals surface area contributed by atoms with E-state index in [1.54, 1.807) is 18.6 Å². The molecular weight excluding hydrogens is 342 g/mol. The molecule has 148 valence electrons. The van der Waals surface area contributed by atoms with Gasteiger partial charge in [-0.25, -0.2) is 9.97 Å². The number of hydrogen-bond donors (Lipinski definition) is 2. The van der Waals surface area contributed by atoms with E-state index in [-0.39, 0.29) is 18.6 Å². The molecule has 0 radical (unpaired) electrons. The molecule has 0 aliphatic carbocycles. The second kappa shape index (κ2) is 9.28. The van der Waals surface area contributed by atoms with Crippen LogP contribution in [0.4, 0.5) is 0 Å². The highest BCUT2D eigenvalue weighted by Crippen LogP contribution is 2.16. The number of aliphatic hydroxyl groups excluding tert-OH is 1. The van der Waals surface area contributed by atoms with Gasteiger partial charge in [-0.3, -0.25) is 9.69 Å². The predicted molar refractivity (Wildman–Crippen MR) is 106 cm³/mol. The van der Waals surface area contributed by atoms with Gasteiger partial charge in [0.05, 0.1) is 18.5 Å². The largest absolute Gasteiger partial charge is 0.395 e. The van der Waals surface area contributed by atoms with Gasteiger partial charge in [0.1, 0.15) is 5.52 Å². The molecular formula is C20H31N5O2. The van der Waals surface area contributed by atoms with Crippen LogP contribution in [0.25, 0.3) is 11.2 Å². The Kier molecular flexibility index (Phi) is 6.79. The minimum atomic E-state index is -0.111. The number of fused-ring (bicyclic) bond motifs is 1. The van der Waals surface area contributed by atoms with Crippen LogP contribution in [0.15, 0.2) is 18.6 Å². The minimum Gasteiger partial charge on any atom is -0.395 e. The van der Waals surface area contributed by atoms with Crippen LogP contribution in [-0.4, -0.2) is 62.7 Å². The summed E-state index contributed by atoms with van der Waals surface area (Å²) in [5.41, 5.74) is 2.12. The summed E-state index contributed by atoms with van der Waals surface area (Å²) in [6.45, 7) is 7.96. The second-order valence-electron chi connectivity index (χ2n) is 7.84. The summed E-state index contributed by atoms with van der Waals surface area (Å²) >= 11 is 0. The predicted octanol–water partition coefficient (Wildman–Crippen LogP) is 2.05. The van der Waals surface area contributed by atoms with Crippen LogP contribution in [-0.2, 0) is 6.54 Å². The number of aliphatic hydroxyl groups is 1. The van der Waals surface area contributed by atoms with Gasteiger partial charge in [-0.2, -0.15) is 0 Å². The first-order valence-corrected chi connectivity index (χ1v) is 10.0. The van der Waals surface area contributed by atoms with E-state index in [0.717, 1.165) is 43.6 Å². The van der Waals surface area contributed by atoms with Crippen LogP contribution in [0, 0.1) is 5.92 Å². The average Bonchev–Trinajstić information content (AvgIpc) is 3.06. The molecule has 0 saturated carbocycles. The molecule has 2 aromatic heterocycles. The van der Waals surface area contributed by atoms with Crippen molar-refractivity contribution in [2.45, 2.75) is 52.1 Å². The Hall–Kier alpha value is -1.99. The highest BCUT2D eigenvalue weighted by atomic mass is 16.3. The van der Waals surface area contributed by atoms with Gasteiger partial charge < -0.3 is 15.0 Å². The topological polar surface area (TPSA) is 83.3 Å². The molecule has 1 saturated heterocycles. The molecule has 0 aromatic carbocycles. The molecule has 1 atom stereocenters. The highest BCUT2D eigenvalue weighted by Gasteiger charge is 2.20. The first-order valence-electron chi connectivity index (χ1n) is 10.0. The Balaban J connectivity index is 1.50. The van der Waals surface area contributed by atoms with E-state index in [4.69, 9.17) is 0 Å². The fourth-order valence-corrected chi connectivity index (χ4v) is 3.75. The fourth-order valence-electron chi connectivity index (χ4n) is 3.75. The van der Waals surface area contributed by atoms with Gasteiger partial charge in [0.2, 0.25) is 0 Å². The second-order valence-corrected chi connectivity index (χ2v) is 7.84. The van der Waals surface area contributed by atoms with E-state index in [9.17, 15) is 9.90 Å². The number of carbonyl (C=O) groups excluding carboxylic acids is 1. The third-order valence-electron chi connectivity index (χ3n) is 5.15. The maximum Gasteiger partial charge on any atom is 0.252 e. The lowest BCUT2D eigenvalue weighted by Gasteiger charge is -2.34. The Labute approximate surface area is 160 Å². The first kappa shape index (κ1) is 19.8. The van der Waals surface area contributed by atoms with Gasteiger partial charge >= 0.3 is 0 Å². The Bertz CT molecular complexity index is 758. The van der Waals surface area contributed by atoms with E-state index in [2.05, 4.69) is 34.0 Å². The number of imidazole rings is 1. The van der Waals surface area contributed by atoms with E-state index in [1.807, 2.05) is 4.57 Å². The normalized spacial score (nSPS) is 18.3. The van der Waals surface area contributed by atoms with E-state index in [1.165, 1.54) is 12.8 Å².